The number of hydrogen-bond acceptors (Lipinski definition) is 4. The normalized spacial score (nSPS) is 12.8. The number of ether oxygens (including phenoxy) is 2. The summed E-state index contributed by atoms with van der Waals surface area (Å²) in [4.78, 5) is 12.7. The molecular formula is C24H33NO4. The Morgan fingerprint density at radius 3 is 2.28 bits per heavy atom. The van der Waals surface area contributed by atoms with Gasteiger partial charge in [-0.3, -0.25) is 4.79 Å². The van der Waals surface area contributed by atoms with Gasteiger partial charge in [-0.15, -0.1) is 0 Å². The average molecular weight is 400 g/mol. The van der Waals surface area contributed by atoms with Crippen LogP contribution >= 0.6 is 0 Å². The minimum atomic E-state index is -0.443. The Morgan fingerprint density at radius 2 is 1.66 bits per heavy atom. The molecule has 2 N–H and O–H groups in total. The molecule has 5 heteroatoms. The standard InChI is InChI=1S/C24H33NO4/c1-4-13-28-22-12-11-20(16-23(22)29-14-5-2)24(27)25-17-21(15-18(3)26)19-9-7-6-8-10-19/h6-12,16,18,21,26H,4-5,13-15,17H2,1-3H3,(H,25,27)/t18-,21-/m0/s1. The highest BCUT2D eigenvalue weighted by Crippen LogP contribution is 2.29. The second kappa shape index (κ2) is 12.1. The molecule has 0 saturated heterocycles. The number of rotatable bonds is 12. The molecule has 2 atom stereocenters. The lowest BCUT2D eigenvalue weighted by molar-refractivity contribution is 0.0945. The highest BCUT2D eigenvalue weighted by atomic mass is 16.5. The molecular weight excluding hydrogens is 366 g/mol. The topological polar surface area (TPSA) is 67.8 Å². The molecule has 1 amide bonds. The monoisotopic (exact) mass is 399 g/mol. The number of amides is 1. The van der Waals surface area contributed by atoms with Gasteiger partial charge in [-0.05, 0) is 49.9 Å². The summed E-state index contributed by atoms with van der Waals surface area (Å²) in [5, 5.41) is 12.8. The molecule has 158 valence electrons. The second-order valence-electron chi connectivity index (χ2n) is 7.26. The number of aliphatic hydroxyl groups is 1. The highest BCUT2D eigenvalue weighted by molar-refractivity contribution is 5.94. The molecule has 0 fully saturated rings. The van der Waals surface area contributed by atoms with Gasteiger partial charge in [0.2, 0.25) is 0 Å². The van der Waals surface area contributed by atoms with Gasteiger partial charge in [0.05, 0.1) is 19.3 Å². The SMILES string of the molecule is CCCOc1ccc(C(=O)NC[C@H](C[C@H](C)O)c2ccccc2)cc1OCCC. The van der Waals surface area contributed by atoms with Crippen molar-refractivity contribution in [3.8, 4) is 11.5 Å². The maximum Gasteiger partial charge on any atom is 0.251 e. The maximum absolute atomic E-state index is 12.7. The van der Waals surface area contributed by atoms with E-state index in [1.165, 1.54) is 0 Å². The first kappa shape index (κ1) is 22.8. The Balaban J connectivity index is 2.09. The summed E-state index contributed by atoms with van der Waals surface area (Å²) < 4.78 is 11.5. The third-order valence-electron chi connectivity index (χ3n) is 4.53. The molecule has 0 aliphatic rings. The highest BCUT2D eigenvalue weighted by Gasteiger charge is 2.17. The van der Waals surface area contributed by atoms with E-state index in [1.54, 1.807) is 25.1 Å². The molecule has 0 unspecified atom stereocenters. The van der Waals surface area contributed by atoms with Crippen LogP contribution in [0.2, 0.25) is 0 Å². The predicted molar refractivity (Wildman–Crippen MR) is 116 cm³/mol. The molecule has 0 saturated carbocycles. The van der Waals surface area contributed by atoms with E-state index in [9.17, 15) is 9.90 Å². The fourth-order valence-electron chi connectivity index (χ4n) is 3.10. The molecule has 0 aromatic heterocycles. The van der Waals surface area contributed by atoms with E-state index in [1.807, 2.05) is 44.2 Å². The Kier molecular flexibility index (Phi) is 9.51. The number of nitrogens with one attached hydrogen (secondary N) is 1. The lowest BCUT2D eigenvalue weighted by atomic mass is 9.93. The van der Waals surface area contributed by atoms with E-state index in [0.717, 1.165) is 18.4 Å². The van der Waals surface area contributed by atoms with Crippen LogP contribution in [-0.4, -0.2) is 36.9 Å². The van der Waals surface area contributed by atoms with Gasteiger partial charge in [-0.1, -0.05) is 44.2 Å². The molecule has 0 radical (unpaired) electrons. The van der Waals surface area contributed by atoms with Crippen molar-refractivity contribution in [2.45, 2.75) is 52.1 Å². The minimum absolute atomic E-state index is 0.0446. The molecule has 5 nitrogen and oxygen atoms in total. The first-order valence-electron chi connectivity index (χ1n) is 10.5. The van der Waals surface area contributed by atoms with Gasteiger partial charge < -0.3 is 19.9 Å². The van der Waals surface area contributed by atoms with E-state index in [-0.39, 0.29) is 11.8 Å². The van der Waals surface area contributed by atoms with E-state index < -0.39 is 6.10 Å². The third-order valence-corrected chi connectivity index (χ3v) is 4.53. The van der Waals surface area contributed by atoms with Crippen molar-refractivity contribution in [2.75, 3.05) is 19.8 Å². The van der Waals surface area contributed by atoms with Crippen molar-refractivity contribution in [1.82, 2.24) is 5.32 Å². The number of carbonyl (C=O) groups excluding carboxylic acids is 1. The molecule has 2 aromatic rings. The van der Waals surface area contributed by atoms with Gasteiger partial charge in [-0.25, -0.2) is 0 Å². The smallest absolute Gasteiger partial charge is 0.251 e. The van der Waals surface area contributed by atoms with Crippen LogP contribution in [0.4, 0.5) is 0 Å². The average Bonchev–Trinajstić information content (AvgIpc) is 2.74. The number of carbonyl (C=O) groups is 1. The van der Waals surface area contributed by atoms with Gasteiger partial charge in [0.1, 0.15) is 0 Å². The van der Waals surface area contributed by atoms with E-state index in [2.05, 4.69) is 5.32 Å². The zero-order valence-electron chi connectivity index (χ0n) is 17.7. The molecule has 2 rings (SSSR count). The summed E-state index contributed by atoms with van der Waals surface area (Å²) in [7, 11) is 0. The van der Waals surface area contributed by atoms with E-state index in [0.29, 0.717) is 43.2 Å². The number of benzene rings is 2. The fraction of sp³-hybridized carbons (Fsp3) is 0.458. The summed E-state index contributed by atoms with van der Waals surface area (Å²) >= 11 is 0. The lowest BCUT2D eigenvalue weighted by Crippen LogP contribution is -2.29. The Hall–Kier alpha value is -2.53. The Morgan fingerprint density at radius 1 is 1.00 bits per heavy atom. The number of hydrogen-bond donors (Lipinski definition) is 2. The van der Waals surface area contributed by atoms with Crippen LogP contribution in [0.1, 0.15) is 61.9 Å². The fourth-order valence-corrected chi connectivity index (χ4v) is 3.10. The first-order valence-corrected chi connectivity index (χ1v) is 10.5. The molecule has 0 bridgehead atoms. The zero-order valence-corrected chi connectivity index (χ0v) is 17.7. The maximum atomic E-state index is 12.7. The summed E-state index contributed by atoms with van der Waals surface area (Å²) in [6, 6.07) is 15.2. The predicted octanol–water partition coefficient (Wildman–Crippen LogP) is 4.55. The Bertz CT molecular complexity index is 746. The van der Waals surface area contributed by atoms with Crippen LogP contribution in [0.25, 0.3) is 0 Å². The van der Waals surface area contributed by atoms with Crippen molar-refractivity contribution in [2.24, 2.45) is 0 Å². The van der Waals surface area contributed by atoms with Gasteiger partial charge in [-0.2, -0.15) is 0 Å². The van der Waals surface area contributed by atoms with Gasteiger partial charge in [0, 0.05) is 18.0 Å². The molecule has 0 aliphatic carbocycles. The molecule has 2 aromatic carbocycles. The second-order valence-corrected chi connectivity index (χ2v) is 7.26. The summed E-state index contributed by atoms with van der Waals surface area (Å²) in [5.74, 6) is 1.13. The minimum Gasteiger partial charge on any atom is -0.490 e. The largest absolute Gasteiger partial charge is 0.490 e. The first-order chi connectivity index (χ1) is 14.0. The van der Waals surface area contributed by atoms with Gasteiger partial charge >= 0.3 is 0 Å². The van der Waals surface area contributed by atoms with E-state index in [4.69, 9.17) is 9.47 Å². The molecule has 0 aliphatic heterocycles. The third kappa shape index (κ3) is 7.42. The van der Waals surface area contributed by atoms with Gasteiger partial charge in [0.15, 0.2) is 11.5 Å². The van der Waals surface area contributed by atoms with Crippen molar-refractivity contribution in [1.29, 1.82) is 0 Å². The quantitative estimate of drug-likeness (QED) is 0.549. The summed E-state index contributed by atoms with van der Waals surface area (Å²) in [6.45, 7) is 7.47. The van der Waals surface area contributed by atoms with Crippen molar-refractivity contribution < 1.29 is 19.4 Å². The van der Waals surface area contributed by atoms with Gasteiger partial charge in [0.25, 0.3) is 5.91 Å². The number of aliphatic hydroxyl groups excluding tert-OH is 1. The van der Waals surface area contributed by atoms with Crippen LogP contribution in [0.3, 0.4) is 0 Å². The molecule has 0 spiro atoms. The van der Waals surface area contributed by atoms with Crippen LogP contribution in [0, 0.1) is 0 Å². The van der Waals surface area contributed by atoms with Crippen molar-refractivity contribution in [3.63, 3.8) is 0 Å². The zero-order chi connectivity index (χ0) is 21.1. The summed E-state index contributed by atoms with van der Waals surface area (Å²) in [6.07, 6.45) is 1.92. The Labute approximate surface area is 174 Å². The van der Waals surface area contributed by atoms with Crippen LogP contribution in [0.15, 0.2) is 48.5 Å². The van der Waals surface area contributed by atoms with Crippen LogP contribution in [-0.2, 0) is 0 Å². The molecule has 29 heavy (non-hydrogen) atoms. The van der Waals surface area contributed by atoms with E-state index >= 15 is 0 Å². The van der Waals surface area contributed by atoms with Crippen LogP contribution < -0.4 is 14.8 Å². The molecule has 0 heterocycles. The van der Waals surface area contributed by atoms with Crippen molar-refractivity contribution in [3.05, 3.63) is 59.7 Å². The van der Waals surface area contributed by atoms with Crippen LogP contribution in [0.5, 0.6) is 11.5 Å². The van der Waals surface area contributed by atoms with Crippen molar-refractivity contribution >= 4 is 5.91 Å². The lowest BCUT2D eigenvalue weighted by Gasteiger charge is -2.20. The summed E-state index contributed by atoms with van der Waals surface area (Å²) in [5.41, 5.74) is 1.63.